The molecule has 1 aliphatic carbocycles. The summed E-state index contributed by atoms with van der Waals surface area (Å²) in [5, 5.41) is 10.1. The van der Waals surface area contributed by atoms with Crippen LogP contribution in [0.25, 0.3) is 0 Å². The second kappa shape index (κ2) is 6.92. The summed E-state index contributed by atoms with van der Waals surface area (Å²) in [6, 6.07) is 4.20. The van der Waals surface area contributed by atoms with E-state index in [1.165, 1.54) is 23.7 Å². The molecule has 122 valence electrons. The van der Waals surface area contributed by atoms with Gasteiger partial charge < -0.3 is 4.90 Å². The third-order valence-electron chi connectivity index (χ3n) is 4.69. The van der Waals surface area contributed by atoms with Gasteiger partial charge in [0.15, 0.2) is 0 Å². The molecule has 1 amide bonds. The molecule has 0 radical (unpaired) electrons. The fourth-order valence-corrected chi connectivity index (χ4v) is 4.61. The highest BCUT2D eigenvalue weighted by molar-refractivity contribution is 7.99. The van der Waals surface area contributed by atoms with Gasteiger partial charge in [-0.15, -0.1) is 0 Å². The summed E-state index contributed by atoms with van der Waals surface area (Å²) in [5.41, 5.74) is 2.93. The minimum atomic E-state index is 0.166. The number of carbonyl (C=O) groups is 1. The molecule has 1 aromatic rings. The van der Waals surface area contributed by atoms with Crippen molar-refractivity contribution in [3.63, 3.8) is 0 Å². The monoisotopic (exact) mass is 329 g/mol. The van der Waals surface area contributed by atoms with Crippen molar-refractivity contribution >= 4 is 17.7 Å². The maximum Gasteiger partial charge on any atom is 0.233 e. The molecule has 1 aromatic heterocycles. The van der Waals surface area contributed by atoms with E-state index < -0.39 is 0 Å². The van der Waals surface area contributed by atoms with E-state index in [-0.39, 0.29) is 5.91 Å². The van der Waals surface area contributed by atoms with Gasteiger partial charge in [0.05, 0.1) is 11.3 Å². The molecule has 4 nitrogen and oxygen atoms in total. The smallest absolute Gasteiger partial charge is 0.233 e. The van der Waals surface area contributed by atoms with Gasteiger partial charge in [-0.25, -0.2) is 4.98 Å². The average Bonchev–Trinajstić information content (AvgIpc) is 2.97. The zero-order valence-corrected chi connectivity index (χ0v) is 14.7. The van der Waals surface area contributed by atoms with Crippen molar-refractivity contribution in [2.75, 3.05) is 18.8 Å². The molecule has 1 saturated heterocycles. The number of nitrogens with zero attached hydrogens (tertiary/aromatic N) is 3. The van der Waals surface area contributed by atoms with Gasteiger partial charge in [-0.2, -0.15) is 5.26 Å². The number of aromatic nitrogens is 1. The van der Waals surface area contributed by atoms with Crippen molar-refractivity contribution in [1.29, 1.82) is 5.26 Å². The Hall–Kier alpha value is -1.54. The summed E-state index contributed by atoms with van der Waals surface area (Å²) in [6.45, 7) is 6.12. The van der Waals surface area contributed by atoms with Gasteiger partial charge in [0.2, 0.25) is 5.91 Å². The van der Waals surface area contributed by atoms with E-state index in [9.17, 15) is 10.1 Å². The molecule has 3 rings (SSSR count). The number of pyridine rings is 1. The Kier molecular flexibility index (Phi) is 4.91. The summed E-state index contributed by atoms with van der Waals surface area (Å²) >= 11 is 1.42. The zero-order valence-electron chi connectivity index (χ0n) is 13.8. The first kappa shape index (κ1) is 16.3. The van der Waals surface area contributed by atoms with Crippen molar-refractivity contribution in [2.45, 2.75) is 44.6 Å². The van der Waals surface area contributed by atoms with Crippen LogP contribution >= 0.6 is 11.8 Å². The molecule has 0 saturated carbocycles. The average molecular weight is 329 g/mol. The topological polar surface area (TPSA) is 57.0 Å². The Morgan fingerprint density at radius 1 is 1.39 bits per heavy atom. The van der Waals surface area contributed by atoms with Crippen LogP contribution < -0.4 is 0 Å². The summed E-state index contributed by atoms with van der Waals surface area (Å²) in [7, 11) is 0. The predicted molar refractivity (Wildman–Crippen MR) is 91.2 cm³/mol. The SMILES string of the molecule is C[C@@H]1C[C@@H](C)CN(C(=O)CSc2nc3c(cc2C#N)CCC3)C1. The molecular formula is C18H23N3OS. The number of fused-ring (bicyclic) bond motifs is 1. The van der Waals surface area contributed by atoms with E-state index in [0.717, 1.165) is 43.1 Å². The van der Waals surface area contributed by atoms with E-state index in [2.05, 4.69) is 24.9 Å². The molecule has 0 aromatic carbocycles. The molecule has 0 N–H and O–H groups in total. The second-order valence-electron chi connectivity index (χ2n) is 6.95. The maximum absolute atomic E-state index is 12.5. The van der Waals surface area contributed by atoms with E-state index in [0.29, 0.717) is 23.2 Å². The van der Waals surface area contributed by atoms with Crippen LogP contribution in [0.1, 0.15) is 43.5 Å². The number of hydrogen-bond acceptors (Lipinski definition) is 4. The lowest BCUT2D eigenvalue weighted by Crippen LogP contribution is -2.43. The van der Waals surface area contributed by atoms with Crippen molar-refractivity contribution < 1.29 is 4.79 Å². The minimum absolute atomic E-state index is 0.166. The van der Waals surface area contributed by atoms with E-state index >= 15 is 0 Å². The molecule has 2 aliphatic rings. The first-order valence-electron chi connectivity index (χ1n) is 8.40. The summed E-state index contributed by atoms with van der Waals surface area (Å²) in [5.74, 6) is 1.68. The number of nitriles is 1. The Balaban J connectivity index is 1.66. The third-order valence-corrected chi connectivity index (χ3v) is 5.67. The summed E-state index contributed by atoms with van der Waals surface area (Å²) in [4.78, 5) is 19.1. The summed E-state index contributed by atoms with van der Waals surface area (Å²) < 4.78 is 0. The predicted octanol–water partition coefficient (Wildman–Crippen LogP) is 3.04. The van der Waals surface area contributed by atoms with Crippen LogP contribution in [-0.4, -0.2) is 34.6 Å². The van der Waals surface area contributed by atoms with E-state index in [1.807, 2.05) is 11.0 Å². The third kappa shape index (κ3) is 3.69. The Morgan fingerprint density at radius 3 is 2.83 bits per heavy atom. The van der Waals surface area contributed by atoms with Crippen LogP contribution in [0.3, 0.4) is 0 Å². The number of amides is 1. The van der Waals surface area contributed by atoms with Gasteiger partial charge in [0.1, 0.15) is 11.1 Å². The van der Waals surface area contributed by atoms with Gasteiger partial charge in [-0.05, 0) is 49.1 Å². The highest BCUT2D eigenvalue weighted by Gasteiger charge is 2.26. The first-order chi connectivity index (χ1) is 11.1. The van der Waals surface area contributed by atoms with Crippen LogP contribution in [0.2, 0.25) is 0 Å². The zero-order chi connectivity index (χ0) is 16.4. The van der Waals surface area contributed by atoms with Gasteiger partial charge in [0, 0.05) is 18.8 Å². The highest BCUT2D eigenvalue weighted by atomic mass is 32.2. The lowest BCUT2D eigenvalue weighted by molar-refractivity contribution is -0.130. The fraction of sp³-hybridized carbons (Fsp3) is 0.611. The van der Waals surface area contributed by atoms with E-state index in [1.54, 1.807) is 0 Å². The van der Waals surface area contributed by atoms with Gasteiger partial charge >= 0.3 is 0 Å². The van der Waals surface area contributed by atoms with E-state index in [4.69, 9.17) is 0 Å². The molecule has 2 atom stereocenters. The molecule has 1 aliphatic heterocycles. The Labute approximate surface area is 142 Å². The Bertz CT molecular complexity index is 642. The van der Waals surface area contributed by atoms with Crippen LogP contribution in [0.4, 0.5) is 0 Å². The quantitative estimate of drug-likeness (QED) is 0.800. The second-order valence-corrected chi connectivity index (χ2v) is 7.91. The molecule has 5 heteroatoms. The molecule has 0 spiro atoms. The Morgan fingerprint density at radius 2 is 2.13 bits per heavy atom. The minimum Gasteiger partial charge on any atom is -0.341 e. The molecular weight excluding hydrogens is 306 g/mol. The molecule has 0 bridgehead atoms. The van der Waals surface area contributed by atoms with Crippen molar-refractivity contribution in [2.24, 2.45) is 11.8 Å². The highest BCUT2D eigenvalue weighted by Crippen LogP contribution is 2.28. The lowest BCUT2D eigenvalue weighted by Gasteiger charge is -2.35. The number of piperidine rings is 1. The van der Waals surface area contributed by atoms with Gasteiger partial charge in [0.25, 0.3) is 0 Å². The number of hydrogen-bond donors (Lipinski definition) is 0. The van der Waals surface area contributed by atoms with Crippen LogP contribution in [0, 0.1) is 23.2 Å². The number of carbonyl (C=O) groups excluding carboxylic acids is 1. The number of aryl methyl sites for hydroxylation is 2. The number of likely N-dealkylation sites (tertiary alicyclic amines) is 1. The molecule has 1 fully saturated rings. The lowest BCUT2D eigenvalue weighted by atomic mass is 9.92. The van der Waals surface area contributed by atoms with Gasteiger partial charge in [-0.1, -0.05) is 25.6 Å². The van der Waals surface area contributed by atoms with Gasteiger partial charge in [-0.3, -0.25) is 4.79 Å². The standard InChI is InChI=1S/C18H23N3OS/c1-12-6-13(2)10-21(9-12)17(22)11-23-18-15(8-19)7-14-4-3-5-16(14)20-18/h7,12-13H,3-6,9-11H2,1-2H3/t12-,13-/m1/s1. The fourth-order valence-electron chi connectivity index (χ4n) is 3.73. The van der Waals surface area contributed by atoms with Crippen molar-refractivity contribution in [3.05, 3.63) is 22.9 Å². The summed E-state index contributed by atoms with van der Waals surface area (Å²) in [6.07, 6.45) is 4.32. The molecule has 0 unspecified atom stereocenters. The van der Waals surface area contributed by atoms with Crippen molar-refractivity contribution in [1.82, 2.24) is 9.88 Å². The number of thioether (sulfide) groups is 1. The normalized spacial score (nSPS) is 23.4. The maximum atomic E-state index is 12.5. The first-order valence-corrected chi connectivity index (χ1v) is 9.39. The van der Waals surface area contributed by atoms with Crippen LogP contribution in [-0.2, 0) is 17.6 Å². The van der Waals surface area contributed by atoms with Crippen LogP contribution in [0.15, 0.2) is 11.1 Å². The van der Waals surface area contributed by atoms with Crippen molar-refractivity contribution in [3.8, 4) is 6.07 Å². The number of rotatable bonds is 3. The molecule has 2 heterocycles. The molecule has 23 heavy (non-hydrogen) atoms. The largest absolute Gasteiger partial charge is 0.341 e. The van der Waals surface area contributed by atoms with Crippen LogP contribution in [0.5, 0.6) is 0 Å².